The topological polar surface area (TPSA) is 94.0 Å². The predicted octanol–water partition coefficient (Wildman–Crippen LogP) is 3.79. The zero-order valence-corrected chi connectivity index (χ0v) is 17.5. The van der Waals surface area contributed by atoms with E-state index in [-0.39, 0.29) is 23.2 Å². The van der Waals surface area contributed by atoms with Crippen LogP contribution in [0.5, 0.6) is 5.75 Å². The molecule has 0 aliphatic rings. The summed E-state index contributed by atoms with van der Waals surface area (Å²) < 4.78 is 20.9. The summed E-state index contributed by atoms with van der Waals surface area (Å²) in [5.74, 6) is -0.214. The van der Waals surface area contributed by atoms with E-state index in [9.17, 15) is 9.18 Å². The highest BCUT2D eigenvalue weighted by Crippen LogP contribution is 2.23. The van der Waals surface area contributed by atoms with Crippen molar-refractivity contribution in [3.8, 4) is 11.6 Å². The van der Waals surface area contributed by atoms with Crippen LogP contribution in [0.4, 0.5) is 16.0 Å². The number of nitrogens with one attached hydrogen (secondary N) is 2. The fourth-order valence-corrected chi connectivity index (χ4v) is 3.08. The van der Waals surface area contributed by atoms with Gasteiger partial charge in [-0.05, 0) is 30.2 Å². The molecule has 2 N–H and O–H groups in total. The van der Waals surface area contributed by atoms with Gasteiger partial charge in [0.15, 0.2) is 11.6 Å². The van der Waals surface area contributed by atoms with Crippen molar-refractivity contribution >= 4 is 17.5 Å². The molecule has 162 valence electrons. The van der Waals surface area contributed by atoms with E-state index in [0.29, 0.717) is 18.0 Å². The molecule has 32 heavy (non-hydrogen) atoms. The summed E-state index contributed by atoms with van der Waals surface area (Å²) in [6.45, 7) is 2.31. The van der Waals surface area contributed by atoms with Crippen molar-refractivity contribution in [1.82, 2.24) is 25.1 Å². The van der Waals surface area contributed by atoms with Crippen molar-refractivity contribution in [2.24, 2.45) is 0 Å². The summed E-state index contributed by atoms with van der Waals surface area (Å²) in [6.07, 6.45) is 3.83. The quantitative estimate of drug-likeness (QED) is 0.462. The number of ether oxygens (including phenoxy) is 1. The molecular formula is C23H21FN6O2. The van der Waals surface area contributed by atoms with Gasteiger partial charge in [-0.25, -0.2) is 14.1 Å². The third-order valence-corrected chi connectivity index (χ3v) is 4.63. The number of halogens is 1. The van der Waals surface area contributed by atoms with Crippen molar-refractivity contribution in [3.05, 3.63) is 89.6 Å². The average Bonchev–Trinajstić information content (AvgIpc) is 3.29. The van der Waals surface area contributed by atoms with E-state index in [0.717, 1.165) is 17.3 Å². The minimum absolute atomic E-state index is 0.0794. The number of hydrogen-bond donors (Lipinski definition) is 2. The summed E-state index contributed by atoms with van der Waals surface area (Å²) in [7, 11) is 1.58. The Morgan fingerprint density at radius 1 is 1.16 bits per heavy atom. The molecular weight excluding hydrogens is 411 g/mol. The Morgan fingerprint density at radius 2 is 1.97 bits per heavy atom. The van der Waals surface area contributed by atoms with E-state index in [1.54, 1.807) is 13.2 Å². The van der Waals surface area contributed by atoms with Gasteiger partial charge in [0.25, 0.3) is 5.91 Å². The molecule has 0 bridgehead atoms. The molecule has 4 rings (SSSR count). The first-order chi connectivity index (χ1) is 15.5. The predicted molar refractivity (Wildman–Crippen MR) is 118 cm³/mol. The SMILES string of the molecule is COc1cc(C)cc(Nc2ncc(F)c(-n3cc(C(=O)NCc4ccccc4)cn3)n2)c1. The van der Waals surface area contributed by atoms with E-state index >= 15 is 0 Å². The number of benzene rings is 2. The third-order valence-electron chi connectivity index (χ3n) is 4.63. The number of rotatable bonds is 7. The number of carbonyl (C=O) groups excluding carboxylic acids is 1. The first-order valence-electron chi connectivity index (χ1n) is 9.84. The molecule has 0 saturated heterocycles. The Morgan fingerprint density at radius 3 is 2.75 bits per heavy atom. The van der Waals surface area contributed by atoms with Gasteiger partial charge in [0.1, 0.15) is 5.75 Å². The molecule has 0 aliphatic heterocycles. The molecule has 0 spiro atoms. The number of aryl methyl sites for hydroxylation is 1. The fourth-order valence-electron chi connectivity index (χ4n) is 3.08. The number of amides is 1. The summed E-state index contributed by atoms with van der Waals surface area (Å²) in [5.41, 5.74) is 2.93. The molecule has 0 aliphatic carbocycles. The first kappa shape index (κ1) is 21.0. The van der Waals surface area contributed by atoms with Crippen LogP contribution >= 0.6 is 0 Å². The molecule has 4 aromatic rings. The van der Waals surface area contributed by atoms with Crippen LogP contribution in [0.15, 0.2) is 67.1 Å². The number of methoxy groups -OCH3 is 1. The van der Waals surface area contributed by atoms with Crippen molar-refractivity contribution < 1.29 is 13.9 Å². The fraction of sp³-hybridized carbons (Fsp3) is 0.130. The number of anilines is 2. The smallest absolute Gasteiger partial charge is 0.254 e. The molecule has 2 heterocycles. The van der Waals surface area contributed by atoms with Gasteiger partial charge in [-0.15, -0.1) is 0 Å². The van der Waals surface area contributed by atoms with Gasteiger partial charge in [0.2, 0.25) is 5.95 Å². The third kappa shape index (κ3) is 4.89. The van der Waals surface area contributed by atoms with Crippen LogP contribution in [-0.2, 0) is 6.54 Å². The van der Waals surface area contributed by atoms with Crippen molar-refractivity contribution in [2.45, 2.75) is 13.5 Å². The highest BCUT2D eigenvalue weighted by atomic mass is 19.1. The van der Waals surface area contributed by atoms with E-state index in [2.05, 4.69) is 25.7 Å². The first-order valence-corrected chi connectivity index (χ1v) is 9.84. The lowest BCUT2D eigenvalue weighted by Gasteiger charge is -2.10. The van der Waals surface area contributed by atoms with Crippen LogP contribution in [0, 0.1) is 12.7 Å². The number of nitrogens with zero attached hydrogens (tertiary/aromatic N) is 4. The number of aromatic nitrogens is 4. The van der Waals surface area contributed by atoms with Gasteiger partial charge in [-0.3, -0.25) is 4.79 Å². The lowest BCUT2D eigenvalue weighted by molar-refractivity contribution is 0.0951. The van der Waals surface area contributed by atoms with Gasteiger partial charge in [0.05, 0.1) is 25.1 Å². The van der Waals surface area contributed by atoms with Crippen LogP contribution in [0.25, 0.3) is 5.82 Å². The number of carbonyl (C=O) groups is 1. The van der Waals surface area contributed by atoms with Gasteiger partial charge in [-0.1, -0.05) is 30.3 Å². The Balaban J connectivity index is 1.51. The lowest BCUT2D eigenvalue weighted by atomic mass is 10.2. The number of hydrogen-bond acceptors (Lipinski definition) is 6. The minimum atomic E-state index is -0.670. The molecule has 0 fully saturated rings. The van der Waals surface area contributed by atoms with Gasteiger partial charge in [-0.2, -0.15) is 10.1 Å². The van der Waals surface area contributed by atoms with E-state index in [1.807, 2.05) is 49.4 Å². The lowest BCUT2D eigenvalue weighted by Crippen LogP contribution is -2.22. The molecule has 0 saturated carbocycles. The van der Waals surface area contributed by atoms with Gasteiger partial charge >= 0.3 is 0 Å². The molecule has 2 aromatic carbocycles. The summed E-state index contributed by atoms with van der Waals surface area (Å²) in [6, 6.07) is 15.1. The van der Waals surface area contributed by atoms with E-state index < -0.39 is 5.82 Å². The van der Waals surface area contributed by atoms with Gasteiger partial charge < -0.3 is 15.4 Å². The van der Waals surface area contributed by atoms with Gasteiger partial charge in [0, 0.05) is 24.5 Å². The monoisotopic (exact) mass is 432 g/mol. The van der Waals surface area contributed by atoms with Crippen molar-refractivity contribution in [2.75, 3.05) is 12.4 Å². The van der Waals surface area contributed by atoms with Crippen LogP contribution in [0.1, 0.15) is 21.5 Å². The van der Waals surface area contributed by atoms with Crippen LogP contribution in [0.2, 0.25) is 0 Å². The Bertz CT molecular complexity index is 1240. The maximum atomic E-state index is 14.4. The normalized spacial score (nSPS) is 10.6. The second kappa shape index (κ2) is 9.25. The Hall–Kier alpha value is -4.27. The largest absolute Gasteiger partial charge is 0.497 e. The standard InChI is InChI=1S/C23H21FN6O2/c1-15-8-18(10-19(9-15)32-2)28-23-26-13-20(24)21(29-23)30-14-17(12-27-30)22(31)25-11-16-6-4-3-5-7-16/h3-10,12-14H,11H2,1-2H3,(H,25,31)(H,26,28,29). The Kier molecular flexibility index (Phi) is 6.07. The molecule has 0 radical (unpaired) electrons. The Labute approximate surface area is 184 Å². The van der Waals surface area contributed by atoms with Crippen molar-refractivity contribution in [3.63, 3.8) is 0 Å². The second-order valence-corrected chi connectivity index (χ2v) is 7.07. The van der Waals surface area contributed by atoms with Crippen LogP contribution in [0.3, 0.4) is 0 Å². The zero-order valence-electron chi connectivity index (χ0n) is 17.5. The molecule has 0 unspecified atom stereocenters. The van der Waals surface area contributed by atoms with E-state index in [1.165, 1.54) is 17.1 Å². The molecule has 2 aromatic heterocycles. The minimum Gasteiger partial charge on any atom is -0.497 e. The summed E-state index contributed by atoms with van der Waals surface area (Å²) in [4.78, 5) is 20.6. The second-order valence-electron chi connectivity index (χ2n) is 7.07. The van der Waals surface area contributed by atoms with Crippen molar-refractivity contribution in [1.29, 1.82) is 0 Å². The van der Waals surface area contributed by atoms with Crippen LogP contribution in [-0.4, -0.2) is 32.8 Å². The van der Waals surface area contributed by atoms with Crippen LogP contribution < -0.4 is 15.4 Å². The molecule has 9 heteroatoms. The molecule has 8 nitrogen and oxygen atoms in total. The highest BCUT2D eigenvalue weighted by Gasteiger charge is 2.14. The average molecular weight is 432 g/mol. The highest BCUT2D eigenvalue weighted by molar-refractivity contribution is 5.93. The molecule has 0 atom stereocenters. The van der Waals surface area contributed by atoms with E-state index in [4.69, 9.17) is 4.74 Å². The zero-order chi connectivity index (χ0) is 22.5. The molecule has 1 amide bonds. The summed E-state index contributed by atoms with van der Waals surface area (Å²) in [5, 5.41) is 9.94. The maximum Gasteiger partial charge on any atom is 0.254 e. The summed E-state index contributed by atoms with van der Waals surface area (Å²) >= 11 is 0. The maximum absolute atomic E-state index is 14.4.